The van der Waals surface area contributed by atoms with E-state index in [2.05, 4.69) is 21.3 Å². The lowest BCUT2D eigenvalue weighted by atomic mass is 10.2. The van der Waals surface area contributed by atoms with Crippen LogP contribution in [-0.4, -0.2) is 25.6 Å². The molecule has 2 aliphatic rings. The zero-order chi connectivity index (χ0) is 23.3. The van der Waals surface area contributed by atoms with Crippen LogP contribution in [0.1, 0.15) is 11.1 Å². The largest absolute Gasteiger partial charge is 0.454 e. The van der Waals surface area contributed by atoms with Crippen molar-refractivity contribution in [3.63, 3.8) is 0 Å². The van der Waals surface area contributed by atoms with Gasteiger partial charge in [0, 0.05) is 24.5 Å². The third-order valence-corrected chi connectivity index (χ3v) is 5.16. The van der Waals surface area contributed by atoms with Crippen LogP contribution in [0.4, 0.5) is 21.0 Å². The Morgan fingerprint density at radius 3 is 1.59 bits per heavy atom. The minimum absolute atomic E-state index is 0.202. The molecule has 34 heavy (non-hydrogen) atoms. The predicted molar refractivity (Wildman–Crippen MR) is 123 cm³/mol. The SMILES string of the molecule is O=C(NCc1ccc2c(c1)OCO2)Nc1cccc(NC(=O)NCc2ccc3c(c2)OCO3)c1. The van der Waals surface area contributed by atoms with Crippen molar-refractivity contribution < 1.29 is 28.5 Å². The zero-order valence-electron chi connectivity index (χ0n) is 18.1. The van der Waals surface area contributed by atoms with Gasteiger partial charge in [-0.2, -0.15) is 0 Å². The average Bonchev–Trinajstić information content (AvgIpc) is 3.50. The Labute approximate surface area is 195 Å². The summed E-state index contributed by atoms with van der Waals surface area (Å²) in [5.41, 5.74) is 2.84. The number of ether oxygens (including phenoxy) is 4. The van der Waals surface area contributed by atoms with Gasteiger partial charge in [-0.15, -0.1) is 0 Å². The molecule has 0 saturated heterocycles. The van der Waals surface area contributed by atoms with Crippen LogP contribution in [0.25, 0.3) is 0 Å². The molecule has 0 radical (unpaired) electrons. The molecule has 4 amide bonds. The maximum Gasteiger partial charge on any atom is 0.319 e. The normalized spacial score (nSPS) is 12.7. The molecule has 0 aromatic heterocycles. The maximum absolute atomic E-state index is 12.3. The van der Waals surface area contributed by atoms with Crippen LogP contribution >= 0.6 is 0 Å². The number of hydrogen-bond acceptors (Lipinski definition) is 6. The lowest BCUT2D eigenvalue weighted by molar-refractivity contribution is 0.173. The highest BCUT2D eigenvalue weighted by molar-refractivity contribution is 5.92. The molecule has 0 spiro atoms. The number of urea groups is 2. The Kier molecular flexibility index (Phi) is 5.93. The molecule has 2 aliphatic heterocycles. The van der Waals surface area contributed by atoms with Crippen molar-refractivity contribution in [2.75, 3.05) is 24.2 Å². The first-order valence-corrected chi connectivity index (χ1v) is 10.6. The van der Waals surface area contributed by atoms with Gasteiger partial charge in [0.05, 0.1) is 0 Å². The van der Waals surface area contributed by atoms with Gasteiger partial charge in [-0.25, -0.2) is 9.59 Å². The van der Waals surface area contributed by atoms with Gasteiger partial charge in [-0.1, -0.05) is 18.2 Å². The number of rotatable bonds is 6. The number of nitrogens with one attached hydrogen (secondary N) is 4. The van der Waals surface area contributed by atoms with Crippen LogP contribution in [0, 0.1) is 0 Å². The highest BCUT2D eigenvalue weighted by Gasteiger charge is 2.14. The molecular weight excluding hydrogens is 440 g/mol. The van der Waals surface area contributed by atoms with Crippen molar-refractivity contribution in [2.24, 2.45) is 0 Å². The van der Waals surface area contributed by atoms with Crippen LogP contribution in [0.15, 0.2) is 60.7 Å². The van der Waals surface area contributed by atoms with Gasteiger partial charge in [0.1, 0.15) is 0 Å². The summed E-state index contributed by atoms with van der Waals surface area (Å²) in [5.74, 6) is 2.71. The fourth-order valence-electron chi connectivity index (χ4n) is 3.49. The molecule has 2 heterocycles. The molecule has 0 unspecified atom stereocenters. The molecule has 174 valence electrons. The van der Waals surface area contributed by atoms with Gasteiger partial charge in [0.2, 0.25) is 13.6 Å². The summed E-state index contributed by atoms with van der Waals surface area (Å²) in [5, 5.41) is 11.1. The molecule has 0 aliphatic carbocycles. The molecule has 3 aromatic carbocycles. The van der Waals surface area contributed by atoms with E-state index in [0.29, 0.717) is 47.5 Å². The van der Waals surface area contributed by atoms with Crippen LogP contribution in [0.3, 0.4) is 0 Å². The lowest BCUT2D eigenvalue weighted by Crippen LogP contribution is -2.29. The van der Waals surface area contributed by atoms with Crippen molar-refractivity contribution in [2.45, 2.75) is 13.1 Å². The minimum atomic E-state index is -0.373. The number of carbonyl (C=O) groups is 2. The Morgan fingerprint density at radius 1 is 0.618 bits per heavy atom. The van der Waals surface area contributed by atoms with Crippen molar-refractivity contribution in [3.05, 3.63) is 71.8 Å². The second kappa shape index (κ2) is 9.49. The first-order valence-electron chi connectivity index (χ1n) is 10.6. The zero-order valence-corrected chi connectivity index (χ0v) is 18.1. The number of amides is 4. The topological polar surface area (TPSA) is 119 Å². The van der Waals surface area contributed by atoms with E-state index in [-0.39, 0.29) is 25.6 Å². The third kappa shape index (κ3) is 5.07. The fraction of sp³-hybridized carbons (Fsp3) is 0.167. The molecule has 0 atom stereocenters. The molecule has 3 aromatic rings. The van der Waals surface area contributed by atoms with Gasteiger partial charge in [-0.3, -0.25) is 0 Å². The van der Waals surface area contributed by atoms with Crippen LogP contribution in [0.2, 0.25) is 0 Å². The van der Waals surface area contributed by atoms with Crippen LogP contribution in [-0.2, 0) is 13.1 Å². The Balaban J connectivity index is 1.10. The maximum atomic E-state index is 12.3. The number of benzene rings is 3. The van der Waals surface area contributed by atoms with Crippen molar-refractivity contribution >= 4 is 23.4 Å². The summed E-state index contributed by atoms with van der Waals surface area (Å²) in [4.78, 5) is 24.6. The average molecular weight is 462 g/mol. The molecule has 10 heteroatoms. The summed E-state index contributed by atoms with van der Waals surface area (Å²) in [7, 11) is 0. The van der Waals surface area contributed by atoms with E-state index < -0.39 is 0 Å². The molecule has 0 saturated carbocycles. The van der Waals surface area contributed by atoms with E-state index in [1.165, 1.54) is 0 Å². The summed E-state index contributed by atoms with van der Waals surface area (Å²) in [6, 6.07) is 17.1. The summed E-state index contributed by atoms with van der Waals surface area (Å²) < 4.78 is 21.3. The Morgan fingerprint density at radius 2 is 1.09 bits per heavy atom. The third-order valence-electron chi connectivity index (χ3n) is 5.16. The summed E-state index contributed by atoms with van der Waals surface area (Å²) in [6.45, 7) is 1.05. The van der Waals surface area contributed by atoms with E-state index in [9.17, 15) is 9.59 Å². The lowest BCUT2D eigenvalue weighted by Gasteiger charge is -2.11. The fourth-order valence-corrected chi connectivity index (χ4v) is 3.49. The highest BCUT2D eigenvalue weighted by atomic mass is 16.7. The number of hydrogen-bond donors (Lipinski definition) is 4. The van der Waals surface area contributed by atoms with Gasteiger partial charge >= 0.3 is 12.1 Å². The van der Waals surface area contributed by atoms with Crippen LogP contribution < -0.4 is 40.2 Å². The molecule has 0 bridgehead atoms. The van der Waals surface area contributed by atoms with Gasteiger partial charge < -0.3 is 40.2 Å². The number of carbonyl (C=O) groups excluding carboxylic acids is 2. The van der Waals surface area contributed by atoms with Crippen molar-refractivity contribution in [1.29, 1.82) is 0 Å². The van der Waals surface area contributed by atoms with E-state index >= 15 is 0 Å². The monoisotopic (exact) mass is 462 g/mol. The van der Waals surface area contributed by atoms with E-state index in [0.717, 1.165) is 11.1 Å². The molecule has 10 nitrogen and oxygen atoms in total. The van der Waals surface area contributed by atoms with E-state index in [4.69, 9.17) is 18.9 Å². The molecular formula is C24H22N4O6. The van der Waals surface area contributed by atoms with E-state index in [1.807, 2.05) is 36.4 Å². The molecule has 4 N–H and O–H groups in total. The first-order chi connectivity index (χ1) is 16.6. The van der Waals surface area contributed by atoms with Gasteiger partial charge in [-0.05, 0) is 53.6 Å². The smallest absolute Gasteiger partial charge is 0.319 e. The number of anilines is 2. The highest BCUT2D eigenvalue weighted by Crippen LogP contribution is 2.33. The van der Waals surface area contributed by atoms with E-state index in [1.54, 1.807) is 24.3 Å². The number of fused-ring (bicyclic) bond motifs is 2. The summed E-state index contributed by atoms with van der Waals surface area (Å²) >= 11 is 0. The Hall–Kier alpha value is -4.60. The summed E-state index contributed by atoms with van der Waals surface area (Å²) in [6.07, 6.45) is 0. The van der Waals surface area contributed by atoms with Crippen LogP contribution in [0.5, 0.6) is 23.0 Å². The first kappa shape index (κ1) is 21.3. The minimum Gasteiger partial charge on any atom is -0.454 e. The molecule has 0 fully saturated rings. The molecule has 5 rings (SSSR count). The second-order valence-corrected chi connectivity index (χ2v) is 7.57. The standard InChI is InChI=1S/C24H22N4O6/c29-23(25-11-15-4-6-19-21(8-15)33-13-31-19)27-17-2-1-3-18(10-17)28-24(30)26-12-16-5-7-20-22(9-16)34-14-32-20/h1-10H,11-14H2,(H2,25,27,29)(H2,26,28,30). The van der Waals surface area contributed by atoms with Crippen molar-refractivity contribution in [1.82, 2.24) is 10.6 Å². The predicted octanol–water partition coefficient (Wildman–Crippen LogP) is 3.79. The van der Waals surface area contributed by atoms with Gasteiger partial charge in [0.25, 0.3) is 0 Å². The van der Waals surface area contributed by atoms with Gasteiger partial charge in [0.15, 0.2) is 23.0 Å². The Bertz CT molecular complexity index is 1140. The quantitative estimate of drug-likeness (QED) is 0.443. The van der Waals surface area contributed by atoms with Crippen molar-refractivity contribution in [3.8, 4) is 23.0 Å². The second-order valence-electron chi connectivity index (χ2n) is 7.57.